The van der Waals surface area contributed by atoms with E-state index in [2.05, 4.69) is 20.8 Å². The van der Waals surface area contributed by atoms with E-state index in [4.69, 9.17) is 0 Å². The number of likely N-dealkylation sites (tertiary alicyclic amines) is 1. The zero-order valence-electron chi connectivity index (χ0n) is 19.3. The van der Waals surface area contributed by atoms with Crippen LogP contribution in [0.1, 0.15) is 33.7 Å². The molecular weight excluding hydrogens is 442 g/mol. The number of amides is 3. The minimum Gasteiger partial charge on any atom is -0.354 e. The fourth-order valence-corrected chi connectivity index (χ4v) is 4.65. The lowest BCUT2D eigenvalue weighted by molar-refractivity contribution is -0.126. The molecule has 1 fully saturated rings. The van der Waals surface area contributed by atoms with Gasteiger partial charge < -0.3 is 15.5 Å². The molecule has 1 saturated heterocycles. The van der Waals surface area contributed by atoms with Gasteiger partial charge in [0.25, 0.3) is 11.8 Å². The smallest absolute Gasteiger partial charge is 0.272 e. The first kappa shape index (κ1) is 22.6. The number of fused-ring (bicyclic) bond motifs is 2. The third-order valence-corrected chi connectivity index (χ3v) is 6.57. The molecule has 3 aromatic carbocycles. The Morgan fingerprint density at radius 2 is 1.54 bits per heavy atom. The number of aromatic nitrogens is 2. The maximum absolute atomic E-state index is 13.1. The Bertz CT molecular complexity index is 1380. The second kappa shape index (κ2) is 9.97. The van der Waals surface area contributed by atoms with Gasteiger partial charge in [0.2, 0.25) is 5.91 Å². The summed E-state index contributed by atoms with van der Waals surface area (Å²) in [5.41, 5.74) is 1.85. The zero-order valence-corrected chi connectivity index (χ0v) is 19.3. The van der Waals surface area contributed by atoms with Gasteiger partial charge in [-0.3, -0.25) is 19.5 Å². The van der Waals surface area contributed by atoms with Gasteiger partial charge in [0.1, 0.15) is 0 Å². The maximum atomic E-state index is 13.1. The molecule has 5 rings (SSSR count). The Morgan fingerprint density at radius 1 is 0.857 bits per heavy atom. The number of nitrogens with one attached hydrogen (secondary N) is 3. The van der Waals surface area contributed by atoms with Crippen molar-refractivity contribution in [2.45, 2.75) is 12.8 Å². The average Bonchev–Trinajstić information content (AvgIpc) is 3.34. The predicted octanol–water partition coefficient (Wildman–Crippen LogP) is 3.11. The molecule has 0 radical (unpaired) electrons. The average molecular weight is 470 g/mol. The summed E-state index contributed by atoms with van der Waals surface area (Å²) in [6, 6.07) is 21.1. The van der Waals surface area contributed by atoms with Crippen molar-refractivity contribution in [3.63, 3.8) is 0 Å². The van der Waals surface area contributed by atoms with Gasteiger partial charge in [0.15, 0.2) is 5.69 Å². The summed E-state index contributed by atoms with van der Waals surface area (Å²) in [5, 5.41) is 15.4. The number of rotatable bonds is 6. The van der Waals surface area contributed by atoms with Gasteiger partial charge in [-0.25, -0.2) is 0 Å². The van der Waals surface area contributed by atoms with E-state index in [9.17, 15) is 14.4 Å². The monoisotopic (exact) mass is 469 g/mol. The SMILES string of the molecule is O=C(NCCNC(=O)C1CCN(C(=O)c2cccc3ccccc23)CC1)c1n[nH]c2ccccc12. The number of nitrogens with zero attached hydrogens (tertiary/aromatic N) is 2. The highest BCUT2D eigenvalue weighted by atomic mass is 16.2. The second-order valence-electron chi connectivity index (χ2n) is 8.76. The summed E-state index contributed by atoms with van der Waals surface area (Å²) in [5.74, 6) is -0.453. The summed E-state index contributed by atoms with van der Waals surface area (Å²) < 4.78 is 0. The van der Waals surface area contributed by atoms with E-state index in [1.54, 1.807) is 0 Å². The molecule has 4 aromatic rings. The third kappa shape index (κ3) is 4.73. The minimum atomic E-state index is -0.281. The molecule has 0 atom stereocenters. The molecule has 1 aliphatic heterocycles. The number of aromatic amines is 1. The van der Waals surface area contributed by atoms with Crippen molar-refractivity contribution in [3.8, 4) is 0 Å². The molecule has 0 unspecified atom stereocenters. The fourth-order valence-electron chi connectivity index (χ4n) is 4.65. The molecule has 0 bridgehead atoms. The molecule has 8 heteroatoms. The van der Waals surface area contributed by atoms with Gasteiger partial charge in [-0.1, -0.05) is 54.6 Å². The molecule has 3 amide bonds. The van der Waals surface area contributed by atoms with Crippen molar-refractivity contribution in [2.24, 2.45) is 5.92 Å². The Balaban J connectivity index is 1.08. The molecule has 1 aromatic heterocycles. The lowest BCUT2D eigenvalue weighted by Crippen LogP contribution is -2.44. The van der Waals surface area contributed by atoms with E-state index in [0.717, 1.165) is 21.7 Å². The van der Waals surface area contributed by atoms with E-state index >= 15 is 0 Å². The maximum Gasteiger partial charge on any atom is 0.272 e. The first-order valence-corrected chi connectivity index (χ1v) is 11.9. The normalized spacial score (nSPS) is 14.2. The van der Waals surface area contributed by atoms with Crippen LogP contribution >= 0.6 is 0 Å². The van der Waals surface area contributed by atoms with E-state index in [1.807, 2.05) is 71.6 Å². The van der Waals surface area contributed by atoms with Crippen LogP contribution in [-0.4, -0.2) is 59.0 Å². The Kier molecular flexibility index (Phi) is 6.43. The van der Waals surface area contributed by atoms with Gasteiger partial charge in [0, 0.05) is 43.0 Å². The van der Waals surface area contributed by atoms with Crippen LogP contribution in [0.5, 0.6) is 0 Å². The largest absolute Gasteiger partial charge is 0.354 e. The van der Waals surface area contributed by atoms with Gasteiger partial charge >= 0.3 is 0 Å². The molecule has 178 valence electrons. The van der Waals surface area contributed by atoms with Gasteiger partial charge in [-0.05, 0) is 35.7 Å². The molecule has 2 heterocycles. The van der Waals surface area contributed by atoms with E-state index in [-0.39, 0.29) is 23.6 Å². The highest BCUT2D eigenvalue weighted by Gasteiger charge is 2.28. The lowest BCUT2D eigenvalue weighted by atomic mass is 9.95. The molecule has 0 spiro atoms. The quantitative estimate of drug-likeness (QED) is 0.377. The van der Waals surface area contributed by atoms with Crippen molar-refractivity contribution in [1.29, 1.82) is 0 Å². The fraction of sp³-hybridized carbons (Fsp3) is 0.259. The highest BCUT2D eigenvalue weighted by Crippen LogP contribution is 2.23. The summed E-state index contributed by atoms with van der Waals surface area (Å²) in [6.45, 7) is 1.73. The molecule has 0 saturated carbocycles. The van der Waals surface area contributed by atoms with Crippen molar-refractivity contribution >= 4 is 39.4 Å². The zero-order chi connectivity index (χ0) is 24.2. The van der Waals surface area contributed by atoms with E-state index < -0.39 is 0 Å². The summed E-state index contributed by atoms with van der Waals surface area (Å²) in [4.78, 5) is 40.0. The summed E-state index contributed by atoms with van der Waals surface area (Å²) in [7, 11) is 0. The summed E-state index contributed by atoms with van der Waals surface area (Å²) >= 11 is 0. The lowest BCUT2D eigenvalue weighted by Gasteiger charge is -2.31. The van der Waals surface area contributed by atoms with Crippen molar-refractivity contribution in [2.75, 3.05) is 26.2 Å². The molecule has 8 nitrogen and oxygen atoms in total. The van der Waals surface area contributed by atoms with Crippen LogP contribution in [-0.2, 0) is 4.79 Å². The molecule has 0 aliphatic carbocycles. The van der Waals surface area contributed by atoms with Crippen LogP contribution in [0.25, 0.3) is 21.7 Å². The number of hydrogen-bond acceptors (Lipinski definition) is 4. The van der Waals surface area contributed by atoms with Crippen LogP contribution in [0.2, 0.25) is 0 Å². The number of piperidine rings is 1. The predicted molar refractivity (Wildman–Crippen MR) is 134 cm³/mol. The van der Waals surface area contributed by atoms with Crippen LogP contribution < -0.4 is 10.6 Å². The first-order chi connectivity index (χ1) is 17.1. The van der Waals surface area contributed by atoms with Gasteiger partial charge in [0.05, 0.1) is 5.52 Å². The summed E-state index contributed by atoms with van der Waals surface area (Å²) in [6.07, 6.45) is 1.24. The van der Waals surface area contributed by atoms with Crippen molar-refractivity contribution in [3.05, 3.63) is 78.0 Å². The standard InChI is InChI=1S/C27H27N5O3/c33-25(28-14-15-29-26(34)24-22-9-3-4-11-23(22)30-31-24)19-12-16-32(17-13-19)27(35)21-10-5-7-18-6-1-2-8-20(18)21/h1-11,19H,12-17H2,(H,28,33)(H,29,34)(H,30,31). The Morgan fingerprint density at radius 3 is 2.37 bits per heavy atom. The molecule has 1 aliphatic rings. The Hall–Kier alpha value is -4.20. The van der Waals surface area contributed by atoms with Gasteiger partial charge in [-0.2, -0.15) is 5.10 Å². The Labute approximate surface area is 202 Å². The second-order valence-corrected chi connectivity index (χ2v) is 8.76. The topological polar surface area (TPSA) is 107 Å². The number of benzene rings is 3. The van der Waals surface area contributed by atoms with Crippen LogP contribution in [0.15, 0.2) is 66.7 Å². The molecule has 35 heavy (non-hydrogen) atoms. The third-order valence-electron chi connectivity index (χ3n) is 6.57. The van der Waals surface area contributed by atoms with E-state index in [1.165, 1.54) is 0 Å². The molecular formula is C27H27N5O3. The van der Waals surface area contributed by atoms with Crippen LogP contribution in [0.4, 0.5) is 0 Å². The van der Waals surface area contributed by atoms with Crippen LogP contribution in [0.3, 0.4) is 0 Å². The number of carbonyl (C=O) groups is 3. The molecule has 3 N–H and O–H groups in total. The van der Waals surface area contributed by atoms with Gasteiger partial charge in [-0.15, -0.1) is 0 Å². The minimum absolute atomic E-state index is 0.00857. The highest BCUT2D eigenvalue weighted by molar-refractivity contribution is 6.07. The van der Waals surface area contributed by atoms with E-state index in [0.29, 0.717) is 50.3 Å². The number of carbonyl (C=O) groups excluding carboxylic acids is 3. The van der Waals surface area contributed by atoms with Crippen molar-refractivity contribution in [1.82, 2.24) is 25.7 Å². The van der Waals surface area contributed by atoms with Crippen LogP contribution in [0, 0.1) is 5.92 Å². The number of H-pyrrole nitrogens is 1. The van der Waals surface area contributed by atoms with Crippen molar-refractivity contribution < 1.29 is 14.4 Å². The number of para-hydroxylation sites is 1. The first-order valence-electron chi connectivity index (χ1n) is 11.9. The number of hydrogen-bond donors (Lipinski definition) is 3.